The zero-order chi connectivity index (χ0) is 33.7. The van der Waals surface area contributed by atoms with E-state index in [1.165, 1.54) is 45.0 Å². The zero-order valence-electron chi connectivity index (χ0n) is 28.9. The number of hydrogen-bond acceptors (Lipinski definition) is 3. The van der Waals surface area contributed by atoms with Crippen LogP contribution in [0.5, 0.6) is 0 Å². The first-order valence-corrected chi connectivity index (χ1v) is 17.7. The maximum absolute atomic E-state index is 6.39. The van der Waals surface area contributed by atoms with Crippen LogP contribution in [0.1, 0.15) is 60.0 Å². The van der Waals surface area contributed by atoms with E-state index in [1.807, 2.05) is 0 Å². The fourth-order valence-corrected chi connectivity index (χ4v) is 6.70. The third-order valence-corrected chi connectivity index (χ3v) is 9.22. The second kappa shape index (κ2) is 17.3. The lowest BCUT2D eigenvalue weighted by Gasteiger charge is -2.35. The number of nitrogens with zero attached hydrogens (tertiary/aromatic N) is 2. The van der Waals surface area contributed by atoms with Crippen molar-refractivity contribution in [2.75, 3.05) is 23.0 Å². The lowest BCUT2D eigenvalue weighted by Crippen LogP contribution is -2.25. The minimum Gasteiger partial charge on any atom is -0.381 e. The van der Waals surface area contributed by atoms with E-state index in [0.717, 1.165) is 38.9 Å². The van der Waals surface area contributed by atoms with Crippen molar-refractivity contribution >= 4 is 22.7 Å². The fourth-order valence-electron chi connectivity index (χ4n) is 6.70. The number of benzene rings is 6. The van der Waals surface area contributed by atoms with Gasteiger partial charge in [-0.2, -0.15) is 0 Å². The molecule has 0 aliphatic carbocycles. The Kier molecular flexibility index (Phi) is 11.9. The van der Waals surface area contributed by atoms with E-state index in [1.54, 1.807) is 0 Å². The van der Waals surface area contributed by atoms with Crippen LogP contribution in [0.2, 0.25) is 0 Å². The predicted molar refractivity (Wildman–Crippen MR) is 207 cm³/mol. The van der Waals surface area contributed by atoms with Gasteiger partial charge in [0.05, 0.1) is 12.1 Å². The average molecular weight is 645 g/mol. The third kappa shape index (κ3) is 9.07. The number of para-hydroxylation sites is 4. The van der Waals surface area contributed by atoms with E-state index in [-0.39, 0.29) is 12.1 Å². The van der Waals surface area contributed by atoms with Crippen molar-refractivity contribution in [1.29, 1.82) is 0 Å². The minimum absolute atomic E-state index is 0.185. The van der Waals surface area contributed by atoms with Gasteiger partial charge in [-0.3, -0.25) is 0 Å². The topological polar surface area (TPSA) is 15.7 Å². The molecule has 248 valence electrons. The first-order chi connectivity index (χ1) is 24.2. The van der Waals surface area contributed by atoms with Crippen LogP contribution in [0.15, 0.2) is 170 Å². The van der Waals surface area contributed by atoms with Crippen LogP contribution in [-0.4, -0.2) is 13.2 Å². The van der Waals surface area contributed by atoms with E-state index < -0.39 is 0 Å². The summed E-state index contributed by atoms with van der Waals surface area (Å²) in [6.45, 7) is 5.77. The van der Waals surface area contributed by atoms with Crippen molar-refractivity contribution in [2.24, 2.45) is 0 Å². The van der Waals surface area contributed by atoms with Crippen LogP contribution in [0.3, 0.4) is 0 Å². The standard InChI is InChI=1S/C46H48N2O/c1-37-27-31-39(32-28-37)45(47(41-17-7-3-8-18-41)42-19-9-4-10-20-42)25-15-35-49-36-16-26-46(40-33-29-38(2)30-34-40)48(43-21-11-5-12-22-43)44-23-13-6-14-24-44/h3-14,17-24,27-34,45-46H,15-16,25-26,35-36H2,1-2H3. The van der Waals surface area contributed by atoms with Crippen molar-refractivity contribution in [3.63, 3.8) is 0 Å². The molecule has 3 heteroatoms. The summed E-state index contributed by atoms with van der Waals surface area (Å²) in [6, 6.07) is 61.5. The molecule has 0 aliphatic rings. The van der Waals surface area contributed by atoms with Crippen LogP contribution in [0.25, 0.3) is 0 Å². The highest BCUT2D eigenvalue weighted by Crippen LogP contribution is 2.39. The predicted octanol–water partition coefficient (Wildman–Crippen LogP) is 12.3. The summed E-state index contributed by atoms with van der Waals surface area (Å²) in [5, 5.41) is 0. The van der Waals surface area contributed by atoms with Gasteiger partial charge in [-0.25, -0.2) is 0 Å². The van der Waals surface area contributed by atoms with Gasteiger partial charge in [0.2, 0.25) is 0 Å². The van der Waals surface area contributed by atoms with Gasteiger partial charge in [-0.15, -0.1) is 0 Å². The largest absolute Gasteiger partial charge is 0.381 e. The minimum atomic E-state index is 0.185. The molecule has 0 saturated heterocycles. The Labute approximate surface area is 293 Å². The van der Waals surface area contributed by atoms with Crippen molar-refractivity contribution in [2.45, 2.75) is 51.6 Å². The highest BCUT2D eigenvalue weighted by Gasteiger charge is 2.24. The molecule has 0 saturated carbocycles. The molecule has 0 aromatic heterocycles. The smallest absolute Gasteiger partial charge is 0.0592 e. The SMILES string of the molecule is Cc1ccc(C(CCCOCCCC(c2ccc(C)cc2)N(c2ccccc2)c2ccccc2)N(c2ccccc2)c2ccccc2)cc1. The summed E-state index contributed by atoms with van der Waals surface area (Å²) in [5.41, 5.74) is 9.99. The molecule has 6 aromatic carbocycles. The summed E-state index contributed by atoms with van der Waals surface area (Å²) >= 11 is 0. The van der Waals surface area contributed by atoms with E-state index in [9.17, 15) is 0 Å². The zero-order valence-corrected chi connectivity index (χ0v) is 28.9. The first-order valence-electron chi connectivity index (χ1n) is 17.7. The van der Waals surface area contributed by atoms with Crippen LogP contribution in [-0.2, 0) is 4.74 Å². The molecule has 0 heterocycles. The van der Waals surface area contributed by atoms with Gasteiger partial charge < -0.3 is 14.5 Å². The molecule has 0 amide bonds. The number of anilines is 4. The Morgan fingerprint density at radius 3 is 0.959 bits per heavy atom. The molecule has 6 rings (SSSR count). The molecule has 0 spiro atoms. The summed E-state index contributed by atoms with van der Waals surface area (Å²) in [6.07, 6.45) is 3.90. The number of hydrogen-bond donors (Lipinski definition) is 0. The molecule has 6 aromatic rings. The monoisotopic (exact) mass is 644 g/mol. The molecule has 49 heavy (non-hydrogen) atoms. The van der Waals surface area contributed by atoms with Gasteiger partial charge >= 0.3 is 0 Å². The van der Waals surface area contributed by atoms with E-state index in [2.05, 4.69) is 194 Å². The number of ether oxygens (including phenoxy) is 1. The lowest BCUT2D eigenvalue weighted by atomic mass is 9.97. The molecule has 2 atom stereocenters. The lowest BCUT2D eigenvalue weighted by molar-refractivity contribution is 0.124. The molecule has 0 aliphatic heterocycles. The second-order valence-corrected chi connectivity index (χ2v) is 12.8. The Morgan fingerprint density at radius 1 is 0.388 bits per heavy atom. The molecular weight excluding hydrogens is 597 g/mol. The molecular formula is C46H48N2O. The normalized spacial score (nSPS) is 12.3. The van der Waals surface area contributed by atoms with Crippen molar-refractivity contribution < 1.29 is 4.74 Å². The average Bonchev–Trinajstić information content (AvgIpc) is 3.16. The highest BCUT2D eigenvalue weighted by molar-refractivity contribution is 5.66. The Bertz CT molecular complexity index is 1580. The van der Waals surface area contributed by atoms with Gasteiger partial charge in [-0.05, 0) is 99.2 Å². The molecule has 0 N–H and O–H groups in total. The Morgan fingerprint density at radius 2 is 0.673 bits per heavy atom. The quantitative estimate of drug-likeness (QED) is 0.0975. The van der Waals surface area contributed by atoms with Crippen LogP contribution >= 0.6 is 0 Å². The van der Waals surface area contributed by atoms with Gasteiger partial charge in [0, 0.05) is 36.0 Å². The maximum atomic E-state index is 6.39. The molecule has 0 bridgehead atoms. The summed E-state index contributed by atoms with van der Waals surface area (Å²) < 4.78 is 6.39. The van der Waals surface area contributed by atoms with Crippen molar-refractivity contribution in [3.05, 3.63) is 192 Å². The Balaban J connectivity index is 1.14. The second-order valence-electron chi connectivity index (χ2n) is 12.8. The number of aryl methyl sites for hydroxylation is 2. The van der Waals surface area contributed by atoms with Gasteiger partial charge in [0.25, 0.3) is 0 Å². The van der Waals surface area contributed by atoms with E-state index >= 15 is 0 Å². The Hall–Kier alpha value is -5.12. The van der Waals surface area contributed by atoms with Crippen LogP contribution < -0.4 is 9.80 Å². The first kappa shape index (κ1) is 33.8. The van der Waals surface area contributed by atoms with Crippen molar-refractivity contribution in [1.82, 2.24) is 0 Å². The van der Waals surface area contributed by atoms with E-state index in [0.29, 0.717) is 0 Å². The third-order valence-electron chi connectivity index (χ3n) is 9.22. The maximum Gasteiger partial charge on any atom is 0.0592 e. The number of rotatable bonds is 16. The van der Waals surface area contributed by atoms with Crippen molar-refractivity contribution in [3.8, 4) is 0 Å². The van der Waals surface area contributed by atoms with Crippen LogP contribution in [0, 0.1) is 13.8 Å². The summed E-state index contributed by atoms with van der Waals surface area (Å²) in [4.78, 5) is 4.97. The fraction of sp³-hybridized carbons (Fsp3) is 0.217. The molecule has 0 radical (unpaired) electrons. The summed E-state index contributed by atoms with van der Waals surface area (Å²) in [5.74, 6) is 0. The van der Waals surface area contributed by atoms with Crippen LogP contribution in [0.4, 0.5) is 22.7 Å². The van der Waals surface area contributed by atoms with Gasteiger partial charge in [0.1, 0.15) is 0 Å². The molecule has 3 nitrogen and oxygen atoms in total. The van der Waals surface area contributed by atoms with Gasteiger partial charge in [0.15, 0.2) is 0 Å². The molecule has 0 fully saturated rings. The van der Waals surface area contributed by atoms with E-state index in [4.69, 9.17) is 4.74 Å². The highest BCUT2D eigenvalue weighted by atomic mass is 16.5. The summed E-state index contributed by atoms with van der Waals surface area (Å²) in [7, 11) is 0. The van der Waals surface area contributed by atoms with Gasteiger partial charge in [-0.1, -0.05) is 132 Å². The molecule has 2 unspecified atom stereocenters.